The smallest absolute Gasteiger partial charge is 0.257 e. The lowest BCUT2D eigenvalue weighted by atomic mass is 9.94. The third kappa shape index (κ3) is 4.85. The van der Waals surface area contributed by atoms with Gasteiger partial charge in [-0.3, -0.25) is 9.59 Å². The number of rotatable bonds is 5. The number of piperidine rings is 1. The van der Waals surface area contributed by atoms with Crippen LogP contribution in [0.2, 0.25) is 5.02 Å². The van der Waals surface area contributed by atoms with Gasteiger partial charge in [0.1, 0.15) is 10.6 Å². The molecule has 4 heterocycles. The number of anilines is 2. The Hall–Kier alpha value is -2.95. The number of hydrogen-bond donors (Lipinski definition) is 1. The molecule has 5 rings (SSSR count). The van der Waals surface area contributed by atoms with E-state index >= 15 is 0 Å². The van der Waals surface area contributed by atoms with Crippen molar-refractivity contribution < 1.29 is 19.1 Å². The summed E-state index contributed by atoms with van der Waals surface area (Å²) in [7, 11) is 1.55. The number of nitrogens with one attached hydrogen (secondary N) is 1. The standard InChI is InChI=1S/C25H28ClN5O4S/c1-15-21-22(18(14-27-24(21)36-29-15)25(33)31-9-11-35-12-10-31)30-7-5-16(6-8-30)23(32)28-17-3-4-20(34-2)19(26)13-17/h3-4,13-14,16H,5-12H2,1-2H3,(H,28,32). The van der Waals surface area contributed by atoms with Crippen LogP contribution in [0.15, 0.2) is 24.4 Å². The zero-order valence-corrected chi connectivity index (χ0v) is 21.8. The van der Waals surface area contributed by atoms with Gasteiger partial charge < -0.3 is 24.6 Å². The lowest BCUT2D eigenvalue weighted by Gasteiger charge is -2.35. The number of aromatic nitrogens is 2. The van der Waals surface area contributed by atoms with E-state index in [9.17, 15) is 9.59 Å². The highest BCUT2D eigenvalue weighted by Gasteiger charge is 2.31. The molecule has 2 aliphatic rings. The van der Waals surface area contributed by atoms with Gasteiger partial charge in [0.25, 0.3) is 5.91 Å². The van der Waals surface area contributed by atoms with Gasteiger partial charge in [-0.05, 0) is 49.5 Å². The number of nitrogens with zero attached hydrogens (tertiary/aromatic N) is 4. The summed E-state index contributed by atoms with van der Waals surface area (Å²) in [6.07, 6.45) is 3.02. The summed E-state index contributed by atoms with van der Waals surface area (Å²) in [4.78, 5) is 35.9. The first-order valence-corrected chi connectivity index (χ1v) is 13.1. The van der Waals surface area contributed by atoms with Crippen molar-refractivity contribution in [2.45, 2.75) is 19.8 Å². The molecule has 190 valence electrons. The van der Waals surface area contributed by atoms with Crippen molar-refractivity contribution in [1.29, 1.82) is 0 Å². The molecule has 0 spiro atoms. The maximum Gasteiger partial charge on any atom is 0.257 e. The Morgan fingerprint density at radius 1 is 1.19 bits per heavy atom. The van der Waals surface area contributed by atoms with Crippen LogP contribution < -0.4 is 15.0 Å². The Bertz CT molecular complexity index is 1280. The summed E-state index contributed by atoms with van der Waals surface area (Å²) in [5.74, 6) is 0.352. The van der Waals surface area contributed by atoms with Gasteiger partial charge in [-0.25, -0.2) is 4.98 Å². The molecule has 2 amide bonds. The molecule has 0 atom stereocenters. The van der Waals surface area contributed by atoms with Crippen molar-refractivity contribution in [2.75, 3.05) is 56.7 Å². The first kappa shape index (κ1) is 24.7. The van der Waals surface area contributed by atoms with Gasteiger partial charge in [0.2, 0.25) is 5.91 Å². The number of morpholine rings is 1. The molecule has 0 unspecified atom stereocenters. The van der Waals surface area contributed by atoms with E-state index in [4.69, 9.17) is 21.1 Å². The average molecular weight is 530 g/mol. The van der Waals surface area contributed by atoms with Crippen LogP contribution in [0, 0.1) is 12.8 Å². The minimum atomic E-state index is -0.139. The summed E-state index contributed by atoms with van der Waals surface area (Å²) < 4.78 is 15.1. The van der Waals surface area contributed by atoms with E-state index in [1.807, 2.05) is 11.8 Å². The van der Waals surface area contributed by atoms with Crippen molar-refractivity contribution in [2.24, 2.45) is 5.92 Å². The molecule has 2 fully saturated rings. The van der Waals surface area contributed by atoms with Gasteiger partial charge in [-0.2, -0.15) is 4.37 Å². The Balaban J connectivity index is 1.34. The van der Waals surface area contributed by atoms with Crippen LogP contribution >= 0.6 is 23.1 Å². The topological polar surface area (TPSA) is 96.9 Å². The number of fused-ring (bicyclic) bond motifs is 1. The third-order valence-corrected chi connectivity index (χ3v) is 7.92. The van der Waals surface area contributed by atoms with Gasteiger partial charge in [0, 0.05) is 44.0 Å². The van der Waals surface area contributed by atoms with Gasteiger partial charge >= 0.3 is 0 Å². The number of methoxy groups -OCH3 is 1. The number of carbonyl (C=O) groups is 2. The fourth-order valence-electron chi connectivity index (χ4n) is 4.81. The van der Waals surface area contributed by atoms with Crippen molar-refractivity contribution in [3.8, 4) is 5.75 Å². The monoisotopic (exact) mass is 529 g/mol. The number of carbonyl (C=O) groups excluding carboxylic acids is 2. The number of hydrogen-bond acceptors (Lipinski definition) is 8. The number of halogens is 1. The second kappa shape index (κ2) is 10.6. The molecule has 0 aliphatic carbocycles. The Morgan fingerprint density at radius 2 is 1.94 bits per heavy atom. The molecular weight excluding hydrogens is 502 g/mol. The minimum Gasteiger partial charge on any atom is -0.495 e. The van der Waals surface area contributed by atoms with Crippen molar-refractivity contribution >= 4 is 56.5 Å². The average Bonchev–Trinajstić information content (AvgIpc) is 3.29. The molecule has 2 saturated heterocycles. The van der Waals surface area contributed by atoms with Crippen LogP contribution in [0.5, 0.6) is 5.75 Å². The summed E-state index contributed by atoms with van der Waals surface area (Å²) >= 11 is 7.54. The lowest BCUT2D eigenvalue weighted by Crippen LogP contribution is -2.42. The summed E-state index contributed by atoms with van der Waals surface area (Å²) in [5.41, 5.74) is 2.97. The second-order valence-corrected chi connectivity index (χ2v) is 10.1. The van der Waals surface area contributed by atoms with E-state index in [2.05, 4.69) is 19.6 Å². The highest BCUT2D eigenvalue weighted by Crippen LogP contribution is 2.37. The molecular formula is C25H28ClN5O4S. The Kier molecular flexibility index (Phi) is 7.27. The molecule has 1 N–H and O–H groups in total. The molecule has 36 heavy (non-hydrogen) atoms. The van der Waals surface area contributed by atoms with Crippen molar-refractivity contribution in [3.63, 3.8) is 0 Å². The molecule has 9 nitrogen and oxygen atoms in total. The molecule has 0 bridgehead atoms. The van der Waals surface area contributed by atoms with E-state index in [0.717, 1.165) is 21.6 Å². The van der Waals surface area contributed by atoms with Crippen LogP contribution in [0.3, 0.4) is 0 Å². The summed E-state index contributed by atoms with van der Waals surface area (Å²) in [5, 5.41) is 4.35. The van der Waals surface area contributed by atoms with Crippen molar-refractivity contribution in [3.05, 3.63) is 40.7 Å². The summed E-state index contributed by atoms with van der Waals surface area (Å²) in [6.45, 7) is 5.46. The van der Waals surface area contributed by atoms with Gasteiger partial charge in [-0.1, -0.05) is 11.6 Å². The molecule has 11 heteroatoms. The van der Waals surface area contributed by atoms with E-state index in [1.54, 1.807) is 31.5 Å². The highest BCUT2D eigenvalue weighted by molar-refractivity contribution is 7.13. The predicted molar refractivity (Wildman–Crippen MR) is 140 cm³/mol. The normalized spacial score (nSPS) is 16.9. The largest absolute Gasteiger partial charge is 0.495 e. The predicted octanol–water partition coefficient (Wildman–Crippen LogP) is 3.99. The van der Waals surface area contributed by atoms with Crippen LogP contribution in [0.25, 0.3) is 10.2 Å². The first-order chi connectivity index (χ1) is 17.5. The SMILES string of the molecule is COc1ccc(NC(=O)C2CCN(c3c(C(=O)N4CCOCC4)cnc4snc(C)c34)CC2)cc1Cl. The zero-order valence-electron chi connectivity index (χ0n) is 20.3. The lowest BCUT2D eigenvalue weighted by molar-refractivity contribution is -0.120. The Morgan fingerprint density at radius 3 is 2.64 bits per heavy atom. The number of aryl methyl sites for hydroxylation is 1. The quantitative estimate of drug-likeness (QED) is 0.533. The van der Waals surface area contributed by atoms with Gasteiger partial charge in [-0.15, -0.1) is 0 Å². The fourth-order valence-corrected chi connectivity index (χ4v) is 5.82. The molecule has 0 saturated carbocycles. The minimum absolute atomic E-state index is 0.0336. The third-order valence-electron chi connectivity index (χ3n) is 6.78. The van der Waals surface area contributed by atoms with Gasteiger partial charge in [0.05, 0.1) is 47.7 Å². The first-order valence-electron chi connectivity index (χ1n) is 12.0. The maximum atomic E-state index is 13.5. The number of amides is 2. The molecule has 3 aromatic rings. The molecule has 2 aromatic heterocycles. The zero-order chi connectivity index (χ0) is 25.2. The summed E-state index contributed by atoms with van der Waals surface area (Å²) in [6, 6.07) is 5.21. The Labute approximate surface area is 218 Å². The molecule has 2 aliphatic heterocycles. The number of ether oxygens (including phenoxy) is 2. The van der Waals surface area contributed by atoms with Crippen LogP contribution in [-0.2, 0) is 9.53 Å². The van der Waals surface area contributed by atoms with E-state index in [0.29, 0.717) is 74.3 Å². The second-order valence-electron chi connectivity index (χ2n) is 8.97. The van der Waals surface area contributed by atoms with Crippen LogP contribution in [-0.4, -0.2) is 72.6 Å². The van der Waals surface area contributed by atoms with Gasteiger partial charge in [0.15, 0.2) is 0 Å². The molecule has 1 aromatic carbocycles. The van der Waals surface area contributed by atoms with E-state index in [-0.39, 0.29) is 17.7 Å². The van der Waals surface area contributed by atoms with E-state index in [1.165, 1.54) is 11.5 Å². The fraction of sp³-hybridized carbons (Fsp3) is 0.440. The number of pyridine rings is 1. The molecule has 0 radical (unpaired) electrons. The van der Waals surface area contributed by atoms with Crippen LogP contribution in [0.1, 0.15) is 28.9 Å². The van der Waals surface area contributed by atoms with Crippen LogP contribution in [0.4, 0.5) is 11.4 Å². The van der Waals surface area contributed by atoms with Crippen molar-refractivity contribution in [1.82, 2.24) is 14.3 Å². The highest BCUT2D eigenvalue weighted by atomic mass is 35.5. The maximum absolute atomic E-state index is 13.5. The van der Waals surface area contributed by atoms with E-state index < -0.39 is 0 Å². The number of benzene rings is 1.